The first-order valence-corrected chi connectivity index (χ1v) is 6.51. The molecule has 21 heavy (non-hydrogen) atoms. The summed E-state index contributed by atoms with van der Waals surface area (Å²) in [6, 6.07) is 15.7. The number of aliphatic carboxylic acids is 1. The predicted octanol–water partition coefficient (Wildman–Crippen LogP) is 3.47. The molecule has 0 spiro atoms. The fraction of sp³-hybridized carbons (Fsp3) is 0.118. The number of anilines is 1. The van der Waals surface area contributed by atoms with E-state index in [2.05, 4.69) is 11.4 Å². The monoisotopic (exact) mass is 283 g/mol. The molecule has 0 fully saturated rings. The molecule has 4 heteroatoms. The number of ether oxygens (including phenoxy) is 1. The maximum absolute atomic E-state index is 10.9. The summed E-state index contributed by atoms with van der Waals surface area (Å²) in [6.45, 7) is 0. The van der Waals surface area contributed by atoms with E-state index in [1.807, 2.05) is 49.5 Å². The number of carbonyl (C=O) groups is 1. The summed E-state index contributed by atoms with van der Waals surface area (Å²) in [4.78, 5) is 10.9. The maximum Gasteiger partial charge on any atom is 0.371 e. The maximum atomic E-state index is 10.9. The Hall–Kier alpha value is -2.75. The number of hydrogen-bond acceptors (Lipinski definition) is 3. The third kappa shape index (κ3) is 3.63. The number of nitrogens with one attached hydrogen (secondary N) is 1. The topological polar surface area (TPSA) is 58.6 Å². The zero-order valence-electron chi connectivity index (χ0n) is 12.0. The fourth-order valence-electron chi connectivity index (χ4n) is 1.99. The van der Waals surface area contributed by atoms with E-state index in [1.165, 1.54) is 13.2 Å². The van der Waals surface area contributed by atoms with Gasteiger partial charge in [-0.25, -0.2) is 4.79 Å². The molecule has 2 aromatic carbocycles. The van der Waals surface area contributed by atoms with E-state index in [9.17, 15) is 4.79 Å². The second-order valence-corrected chi connectivity index (χ2v) is 4.47. The molecule has 0 heterocycles. The van der Waals surface area contributed by atoms with Crippen molar-refractivity contribution in [2.24, 2.45) is 0 Å². The largest absolute Gasteiger partial charge is 0.490 e. The lowest BCUT2D eigenvalue weighted by atomic mass is 10.0. The average Bonchev–Trinajstić information content (AvgIpc) is 2.53. The van der Waals surface area contributed by atoms with Crippen LogP contribution in [0, 0.1) is 0 Å². The lowest BCUT2D eigenvalue weighted by Gasteiger charge is -2.06. The summed E-state index contributed by atoms with van der Waals surface area (Å²) in [5.41, 5.74) is 3.99. The van der Waals surface area contributed by atoms with Crippen LogP contribution in [-0.4, -0.2) is 25.2 Å². The van der Waals surface area contributed by atoms with E-state index < -0.39 is 5.97 Å². The summed E-state index contributed by atoms with van der Waals surface area (Å²) in [7, 11) is 3.22. The van der Waals surface area contributed by atoms with Crippen LogP contribution in [0.25, 0.3) is 17.2 Å². The van der Waals surface area contributed by atoms with Gasteiger partial charge in [0.1, 0.15) is 0 Å². The zero-order chi connectivity index (χ0) is 15.2. The van der Waals surface area contributed by atoms with Crippen molar-refractivity contribution in [2.75, 3.05) is 19.5 Å². The van der Waals surface area contributed by atoms with Crippen molar-refractivity contribution in [3.8, 4) is 11.1 Å². The Morgan fingerprint density at radius 1 is 1.14 bits per heavy atom. The van der Waals surface area contributed by atoms with E-state index in [0.717, 1.165) is 22.4 Å². The van der Waals surface area contributed by atoms with Crippen molar-refractivity contribution in [1.29, 1.82) is 0 Å². The second-order valence-electron chi connectivity index (χ2n) is 4.47. The molecule has 108 valence electrons. The molecule has 0 bridgehead atoms. The van der Waals surface area contributed by atoms with Crippen LogP contribution in [0.5, 0.6) is 0 Å². The van der Waals surface area contributed by atoms with E-state index in [0.29, 0.717) is 0 Å². The molecule has 0 aromatic heterocycles. The van der Waals surface area contributed by atoms with Gasteiger partial charge in [-0.1, -0.05) is 36.4 Å². The number of benzene rings is 2. The Labute approximate surface area is 123 Å². The van der Waals surface area contributed by atoms with Crippen LogP contribution in [0.3, 0.4) is 0 Å². The molecule has 0 amide bonds. The van der Waals surface area contributed by atoms with Crippen LogP contribution in [0.1, 0.15) is 5.56 Å². The molecule has 2 rings (SSSR count). The molecule has 0 saturated carbocycles. The fourth-order valence-corrected chi connectivity index (χ4v) is 1.99. The molecule has 0 aliphatic heterocycles. The summed E-state index contributed by atoms with van der Waals surface area (Å²) < 4.78 is 4.81. The first kappa shape index (κ1) is 14.7. The van der Waals surface area contributed by atoms with Crippen molar-refractivity contribution in [2.45, 2.75) is 0 Å². The van der Waals surface area contributed by atoms with Gasteiger partial charge in [0.25, 0.3) is 0 Å². The van der Waals surface area contributed by atoms with Gasteiger partial charge in [0.2, 0.25) is 5.76 Å². The quantitative estimate of drug-likeness (QED) is 0.651. The van der Waals surface area contributed by atoms with Crippen LogP contribution >= 0.6 is 0 Å². The van der Waals surface area contributed by atoms with Crippen LogP contribution in [0.4, 0.5) is 5.69 Å². The molecular weight excluding hydrogens is 266 g/mol. The average molecular weight is 283 g/mol. The number of rotatable bonds is 5. The minimum absolute atomic E-state index is 0.0834. The Kier molecular flexibility index (Phi) is 4.61. The highest BCUT2D eigenvalue weighted by molar-refractivity contribution is 5.89. The van der Waals surface area contributed by atoms with E-state index in [1.54, 1.807) is 0 Å². The molecule has 4 nitrogen and oxygen atoms in total. The van der Waals surface area contributed by atoms with Crippen LogP contribution in [0.15, 0.2) is 54.3 Å². The van der Waals surface area contributed by atoms with Crippen molar-refractivity contribution in [3.05, 3.63) is 59.9 Å². The normalized spacial score (nSPS) is 11.0. The van der Waals surface area contributed by atoms with Crippen molar-refractivity contribution < 1.29 is 14.6 Å². The van der Waals surface area contributed by atoms with Gasteiger partial charge >= 0.3 is 5.97 Å². The molecule has 2 N–H and O–H groups in total. The number of carboxylic acid groups (broad SMARTS) is 1. The van der Waals surface area contributed by atoms with Crippen molar-refractivity contribution in [1.82, 2.24) is 0 Å². The molecule has 0 radical (unpaired) electrons. The molecule has 0 unspecified atom stereocenters. The third-order valence-corrected chi connectivity index (χ3v) is 3.12. The van der Waals surface area contributed by atoms with Crippen LogP contribution < -0.4 is 5.32 Å². The number of methoxy groups -OCH3 is 1. The minimum atomic E-state index is -1.08. The van der Waals surface area contributed by atoms with Gasteiger partial charge in [-0.2, -0.15) is 0 Å². The highest BCUT2D eigenvalue weighted by Crippen LogP contribution is 2.23. The zero-order valence-corrected chi connectivity index (χ0v) is 12.0. The highest BCUT2D eigenvalue weighted by atomic mass is 16.5. The summed E-state index contributed by atoms with van der Waals surface area (Å²) >= 11 is 0. The van der Waals surface area contributed by atoms with Gasteiger partial charge in [-0.15, -0.1) is 0 Å². The van der Waals surface area contributed by atoms with Gasteiger partial charge in [-0.3, -0.25) is 0 Å². The Balaban J connectivity index is 2.28. The lowest BCUT2D eigenvalue weighted by molar-refractivity contribution is -0.135. The van der Waals surface area contributed by atoms with Crippen LogP contribution in [0.2, 0.25) is 0 Å². The standard InChI is InChI=1S/C17H17NO3/c1-18-15-5-3-4-14(11-15)13-8-6-12(7-9-13)10-16(21-2)17(19)20/h3-11,18H,1-2H3,(H,19,20). The highest BCUT2D eigenvalue weighted by Gasteiger charge is 2.06. The molecule has 0 saturated heterocycles. The van der Waals surface area contributed by atoms with Gasteiger partial charge in [0, 0.05) is 12.7 Å². The molecule has 2 aromatic rings. The summed E-state index contributed by atoms with van der Waals surface area (Å²) in [5.74, 6) is -1.16. The predicted molar refractivity (Wildman–Crippen MR) is 84.0 cm³/mol. The third-order valence-electron chi connectivity index (χ3n) is 3.12. The van der Waals surface area contributed by atoms with E-state index in [-0.39, 0.29) is 5.76 Å². The summed E-state index contributed by atoms with van der Waals surface area (Å²) in [5, 5.41) is 12.0. The van der Waals surface area contributed by atoms with Gasteiger partial charge in [-0.05, 0) is 34.9 Å². The lowest BCUT2D eigenvalue weighted by Crippen LogP contribution is -2.01. The van der Waals surface area contributed by atoms with E-state index in [4.69, 9.17) is 9.84 Å². The Bertz CT molecular complexity index is 660. The molecular formula is C17H17NO3. The van der Waals surface area contributed by atoms with Crippen molar-refractivity contribution in [3.63, 3.8) is 0 Å². The van der Waals surface area contributed by atoms with Gasteiger partial charge in [0.05, 0.1) is 7.11 Å². The van der Waals surface area contributed by atoms with Crippen LogP contribution in [-0.2, 0) is 9.53 Å². The van der Waals surface area contributed by atoms with Gasteiger partial charge < -0.3 is 15.2 Å². The number of hydrogen-bond donors (Lipinski definition) is 2. The smallest absolute Gasteiger partial charge is 0.371 e. The Morgan fingerprint density at radius 2 is 1.86 bits per heavy atom. The second kappa shape index (κ2) is 6.61. The van der Waals surface area contributed by atoms with E-state index >= 15 is 0 Å². The minimum Gasteiger partial charge on any atom is -0.490 e. The first-order chi connectivity index (χ1) is 10.1. The van der Waals surface area contributed by atoms with Crippen molar-refractivity contribution >= 4 is 17.7 Å². The first-order valence-electron chi connectivity index (χ1n) is 6.51. The summed E-state index contributed by atoms with van der Waals surface area (Å²) in [6.07, 6.45) is 1.50. The molecule has 0 aliphatic rings. The molecule has 0 aliphatic carbocycles. The Morgan fingerprint density at radius 3 is 2.43 bits per heavy atom. The number of carboxylic acids is 1. The molecule has 0 atom stereocenters. The SMILES string of the molecule is CNc1cccc(-c2ccc(C=C(OC)C(=O)O)cc2)c1. The van der Waals surface area contributed by atoms with Gasteiger partial charge in [0.15, 0.2) is 0 Å².